The number of pyridine rings is 1. The number of aliphatic hydroxyl groups is 1. The van der Waals surface area contributed by atoms with Crippen LogP contribution in [0.4, 0.5) is 5.69 Å². The maximum absolute atomic E-state index is 12.5. The van der Waals surface area contributed by atoms with E-state index in [0.29, 0.717) is 40.4 Å². The minimum Gasteiger partial charge on any atom is -0.506 e. The van der Waals surface area contributed by atoms with Crippen LogP contribution in [-0.2, 0) is 11.3 Å². The van der Waals surface area contributed by atoms with Gasteiger partial charge in [0.1, 0.15) is 11.5 Å². The maximum atomic E-state index is 12.5. The first-order valence-electron chi connectivity index (χ1n) is 12.5. The van der Waals surface area contributed by atoms with Gasteiger partial charge in [-0.05, 0) is 49.7 Å². The Morgan fingerprint density at radius 2 is 1.97 bits per heavy atom. The number of amides is 1. The van der Waals surface area contributed by atoms with Crippen LogP contribution >= 0.6 is 11.6 Å². The fraction of sp³-hybridized carbons (Fsp3) is 0.407. The van der Waals surface area contributed by atoms with Gasteiger partial charge >= 0.3 is 0 Å². The van der Waals surface area contributed by atoms with Crippen molar-refractivity contribution in [3.63, 3.8) is 0 Å². The number of likely N-dealkylation sites (tertiary alicyclic amines) is 1. The number of ether oxygens (including phenoxy) is 1. The number of methoxy groups -OCH3 is 1. The highest BCUT2D eigenvalue weighted by Crippen LogP contribution is 2.32. The summed E-state index contributed by atoms with van der Waals surface area (Å²) in [5.74, 6) is 0.408. The number of aromatic nitrogens is 1. The van der Waals surface area contributed by atoms with Gasteiger partial charge in [-0.25, -0.2) is 0 Å². The molecule has 0 unspecified atom stereocenters. The second-order valence-electron chi connectivity index (χ2n) is 9.28. The molecule has 10 heteroatoms. The van der Waals surface area contributed by atoms with Crippen molar-refractivity contribution in [3.05, 3.63) is 62.9 Å². The number of H-pyrrole nitrogens is 1. The summed E-state index contributed by atoms with van der Waals surface area (Å²) < 4.78 is 5.52. The summed E-state index contributed by atoms with van der Waals surface area (Å²) in [6, 6.07) is 9.45. The van der Waals surface area contributed by atoms with Gasteiger partial charge in [0.2, 0.25) is 11.5 Å². The minimum absolute atomic E-state index is 0.0605. The zero-order valence-electron chi connectivity index (χ0n) is 20.8. The number of phenolic OH excluding ortho intramolecular Hbond substituents is 1. The Balaban J connectivity index is 1.36. The molecular formula is C27H33ClN4O5. The summed E-state index contributed by atoms with van der Waals surface area (Å²) in [4.78, 5) is 29.0. The van der Waals surface area contributed by atoms with Crippen LogP contribution in [0.3, 0.4) is 0 Å². The number of anilines is 1. The fourth-order valence-corrected chi connectivity index (χ4v) is 4.91. The number of piperidine rings is 1. The monoisotopic (exact) mass is 528 g/mol. The predicted octanol–water partition coefficient (Wildman–Crippen LogP) is 3.53. The molecule has 5 N–H and O–H groups in total. The zero-order valence-corrected chi connectivity index (χ0v) is 21.6. The van der Waals surface area contributed by atoms with E-state index in [4.69, 9.17) is 16.3 Å². The highest BCUT2D eigenvalue weighted by Gasteiger charge is 2.17. The number of carbonyl (C=O) groups excluding carboxylic acids is 1. The number of fused-ring (bicyclic) bond motifs is 1. The summed E-state index contributed by atoms with van der Waals surface area (Å²) >= 11 is 6.47. The van der Waals surface area contributed by atoms with Crippen LogP contribution in [0.1, 0.15) is 42.9 Å². The molecule has 1 aliphatic heterocycles. The molecule has 0 radical (unpaired) electrons. The van der Waals surface area contributed by atoms with Gasteiger partial charge in [0.25, 0.3) is 0 Å². The van der Waals surface area contributed by atoms with Crippen LogP contribution in [0.15, 0.2) is 41.2 Å². The number of hydrogen-bond acceptors (Lipinski definition) is 7. The second-order valence-corrected chi connectivity index (χ2v) is 9.68. The lowest BCUT2D eigenvalue weighted by Gasteiger charge is -2.26. The molecule has 2 aromatic carbocycles. The van der Waals surface area contributed by atoms with Gasteiger partial charge < -0.3 is 35.5 Å². The predicted molar refractivity (Wildman–Crippen MR) is 144 cm³/mol. The number of halogens is 1. The third-order valence-corrected chi connectivity index (χ3v) is 6.98. The number of benzene rings is 2. The van der Waals surface area contributed by atoms with Crippen LogP contribution in [0.2, 0.25) is 5.02 Å². The average Bonchev–Trinajstić information content (AvgIpc) is 2.90. The fourth-order valence-electron chi connectivity index (χ4n) is 4.68. The van der Waals surface area contributed by atoms with Crippen LogP contribution in [0.25, 0.3) is 10.9 Å². The summed E-state index contributed by atoms with van der Waals surface area (Å²) in [6.07, 6.45) is 3.13. The van der Waals surface area contributed by atoms with Gasteiger partial charge in [0, 0.05) is 49.1 Å². The third-order valence-electron chi connectivity index (χ3n) is 6.67. The Kier molecular flexibility index (Phi) is 9.04. The lowest BCUT2D eigenvalue weighted by atomic mass is 10.0. The number of phenols is 1. The van der Waals surface area contributed by atoms with E-state index < -0.39 is 6.10 Å². The summed E-state index contributed by atoms with van der Waals surface area (Å²) in [5.41, 5.74) is 1.79. The molecule has 9 nitrogen and oxygen atoms in total. The molecule has 1 saturated heterocycles. The first kappa shape index (κ1) is 26.9. The standard InChI is InChI=1S/C27H33ClN4O5/c1-37-24-14-21(30-26(36)9-12-32-10-3-2-4-11-32)20(28)13-17(24)15-29-16-23(34)18-5-7-22(33)27-19(18)6-8-25(35)31-27/h5-8,13-14,23,29,33-34H,2-4,9-12,15-16H2,1H3,(H,30,36)(H,31,35)/t23-/m1/s1. The van der Waals surface area contributed by atoms with Crippen LogP contribution in [0, 0.1) is 0 Å². The van der Waals surface area contributed by atoms with Gasteiger partial charge in [-0.3, -0.25) is 9.59 Å². The number of aromatic amines is 1. The van der Waals surface area contributed by atoms with Crippen LogP contribution < -0.4 is 20.9 Å². The number of carbonyl (C=O) groups is 1. The van der Waals surface area contributed by atoms with Crippen molar-refractivity contribution in [2.75, 3.05) is 38.6 Å². The summed E-state index contributed by atoms with van der Waals surface area (Å²) in [5, 5.41) is 27.9. The van der Waals surface area contributed by atoms with Gasteiger partial charge in [-0.2, -0.15) is 0 Å². The molecule has 0 aliphatic carbocycles. The van der Waals surface area contributed by atoms with E-state index in [2.05, 4.69) is 20.5 Å². The first-order valence-corrected chi connectivity index (χ1v) is 12.9. The molecule has 1 aliphatic rings. The van der Waals surface area contributed by atoms with E-state index in [-0.39, 0.29) is 29.3 Å². The number of nitrogens with zero attached hydrogens (tertiary/aromatic N) is 1. The molecule has 198 valence electrons. The molecule has 4 rings (SSSR count). The Morgan fingerprint density at radius 3 is 2.73 bits per heavy atom. The van der Waals surface area contributed by atoms with Crippen molar-refractivity contribution >= 4 is 34.1 Å². The third kappa shape index (κ3) is 6.81. The molecule has 1 aromatic heterocycles. The first-order chi connectivity index (χ1) is 17.9. The van der Waals surface area contributed by atoms with Gasteiger partial charge in [-0.15, -0.1) is 0 Å². The Morgan fingerprint density at radius 1 is 1.19 bits per heavy atom. The van der Waals surface area contributed by atoms with E-state index in [1.165, 1.54) is 31.4 Å². The van der Waals surface area contributed by atoms with E-state index in [0.717, 1.165) is 25.2 Å². The molecule has 1 amide bonds. The lowest BCUT2D eigenvalue weighted by Crippen LogP contribution is -2.32. The molecule has 37 heavy (non-hydrogen) atoms. The van der Waals surface area contributed by atoms with E-state index >= 15 is 0 Å². The average molecular weight is 529 g/mol. The van der Waals surface area contributed by atoms with Crippen molar-refractivity contribution in [1.29, 1.82) is 0 Å². The molecule has 2 heterocycles. The zero-order chi connectivity index (χ0) is 26.4. The minimum atomic E-state index is -0.895. The summed E-state index contributed by atoms with van der Waals surface area (Å²) in [6.45, 7) is 3.38. The Hall–Kier alpha value is -3.11. The van der Waals surface area contributed by atoms with Gasteiger partial charge in [-0.1, -0.05) is 24.1 Å². The highest BCUT2D eigenvalue weighted by atomic mass is 35.5. The van der Waals surface area contributed by atoms with Crippen molar-refractivity contribution in [1.82, 2.24) is 15.2 Å². The quantitative estimate of drug-likeness (QED) is 0.272. The normalized spacial score (nSPS) is 15.0. The largest absolute Gasteiger partial charge is 0.506 e. The lowest BCUT2D eigenvalue weighted by molar-refractivity contribution is -0.116. The molecular weight excluding hydrogens is 496 g/mol. The number of hydrogen-bond donors (Lipinski definition) is 5. The smallest absolute Gasteiger partial charge is 0.248 e. The topological polar surface area (TPSA) is 127 Å². The van der Waals surface area contributed by atoms with Crippen molar-refractivity contribution in [3.8, 4) is 11.5 Å². The molecule has 1 atom stereocenters. The molecule has 3 aromatic rings. The van der Waals surface area contributed by atoms with E-state index in [9.17, 15) is 19.8 Å². The van der Waals surface area contributed by atoms with Crippen molar-refractivity contribution < 1.29 is 19.7 Å². The number of aromatic hydroxyl groups is 1. The Labute approximate surface area is 220 Å². The highest BCUT2D eigenvalue weighted by molar-refractivity contribution is 6.33. The number of rotatable bonds is 10. The molecule has 0 saturated carbocycles. The molecule has 0 bridgehead atoms. The summed E-state index contributed by atoms with van der Waals surface area (Å²) in [7, 11) is 1.55. The molecule has 1 fully saturated rings. The van der Waals surface area contributed by atoms with Crippen LogP contribution in [-0.4, -0.2) is 59.3 Å². The van der Waals surface area contributed by atoms with Crippen molar-refractivity contribution in [2.45, 2.75) is 38.3 Å². The molecule has 0 spiro atoms. The van der Waals surface area contributed by atoms with Crippen molar-refractivity contribution in [2.24, 2.45) is 0 Å². The Bertz CT molecular complexity index is 1310. The maximum Gasteiger partial charge on any atom is 0.248 e. The second kappa shape index (κ2) is 12.4. The number of nitrogens with one attached hydrogen (secondary N) is 3. The number of aliphatic hydroxyl groups excluding tert-OH is 1. The van der Waals surface area contributed by atoms with E-state index in [1.54, 1.807) is 31.4 Å². The van der Waals surface area contributed by atoms with Gasteiger partial charge in [0.05, 0.1) is 29.4 Å². The van der Waals surface area contributed by atoms with Gasteiger partial charge in [0.15, 0.2) is 0 Å². The van der Waals surface area contributed by atoms with E-state index in [1.807, 2.05) is 0 Å². The SMILES string of the molecule is COc1cc(NC(=O)CCN2CCCCC2)c(Cl)cc1CNC[C@@H](O)c1ccc(O)c2[nH]c(=O)ccc12. The van der Waals surface area contributed by atoms with Crippen LogP contribution in [0.5, 0.6) is 11.5 Å².